The first-order valence-electron chi connectivity index (χ1n) is 7.13. The number of alkyl halides is 1. The van der Waals surface area contributed by atoms with Crippen molar-refractivity contribution in [2.24, 2.45) is 0 Å². The van der Waals surface area contributed by atoms with E-state index < -0.39 is 0 Å². The molecule has 0 saturated heterocycles. The van der Waals surface area contributed by atoms with Gasteiger partial charge in [-0.2, -0.15) is 0 Å². The van der Waals surface area contributed by atoms with Gasteiger partial charge in [-0.1, -0.05) is 87.6 Å². The highest BCUT2D eigenvalue weighted by atomic mass is 79.9. The molecule has 1 radical (unpaired) electrons. The van der Waals surface area contributed by atoms with Gasteiger partial charge in [0.25, 0.3) is 0 Å². The molecule has 17 heavy (non-hydrogen) atoms. The average Bonchev–Trinajstić information content (AvgIpc) is 2.36. The van der Waals surface area contributed by atoms with E-state index in [-0.39, 0.29) is 4.32 Å². The third kappa shape index (κ3) is 9.82. The minimum absolute atomic E-state index is 0.353. The zero-order valence-corrected chi connectivity index (χ0v) is 12.9. The van der Waals surface area contributed by atoms with Crippen LogP contribution in [-0.4, -0.2) is 10.6 Å². The van der Waals surface area contributed by atoms with E-state index in [1.165, 1.54) is 51.4 Å². The maximum Gasteiger partial charge on any atom is 0.136 e. The van der Waals surface area contributed by atoms with Crippen LogP contribution in [-0.2, 0) is 4.79 Å². The van der Waals surface area contributed by atoms with Crippen LogP contribution in [0.5, 0.6) is 0 Å². The lowest BCUT2D eigenvalue weighted by atomic mass is 9.99. The molecule has 0 aliphatic rings. The fourth-order valence-corrected chi connectivity index (χ4v) is 2.25. The summed E-state index contributed by atoms with van der Waals surface area (Å²) in [6, 6.07) is 0. The minimum Gasteiger partial charge on any atom is -0.302 e. The van der Waals surface area contributed by atoms with Crippen molar-refractivity contribution < 1.29 is 4.79 Å². The van der Waals surface area contributed by atoms with Gasteiger partial charge in [0, 0.05) is 0 Å². The van der Waals surface area contributed by atoms with Crippen LogP contribution in [0.3, 0.4) is 0 Å². The van der Waals surface area contributed by atoms with Crippen molar-refractivity contribution in [1.29, 1.82) is 0 Å². The monoisotopic (exact) mass is 303 g/mol. The zero-order valence-electron chi connectivity index (χ0n) is 11.3. The molecule has 1 atom stereocenters. The number of carbonyl (C=O) groups is 1. The first kappa shape index (κ1) is 17.2. The van der Waals surface area contributed by atoms with E-state index in [0.29, 0.717) is 6.42 Å². The molecular formula is C15H28BrO. The van der Waals surface area contributed by atoms with Crippen LogP contribution in [0.1, 0.15) is 77.6 Å². The minimum atomic E-state index is -0.353. The van der Waals surface area contributed by atoms with Crippen molar-refractivity contribution in [2.75, 3.05) is 0 Å². The summed E-state index contributed by atoms with van der Waals surface area (Å²) in [5.74, 6) is 0. The first-order chi connectivity index (χ1) is 8.18. The quantitative estimate of drug-likeness (QED) is 0.266. The first-order valence-corrected chi connectivity index (χ1v) is 7.92. The highest BCUT2D eigenvalue weighted by Crippen LogP contribution is 2.26. The van der Waals surface area contributed by atoms with Crippen molar-refractivity contribution >= 4 is 22.2 Å². The van der Waals surface area contributed by atoms with Crippen LogP contribution >= 0.6 is 15.9 Å². The van der Waals surface area contributed by atoms with Gasteiger partial charge in [-0.3, -0.25) is 0 Å². The maximum atomic E-state index is 10.8. The largest absolute Gasteiger partial charge is 0.302 e. The topological polar surface area (TPSA) is 17.1 Å². The fourth-order valence-electron chi connectivity index (χ4n) is 1.97. The second-order valence-electron chi connectivity index (χ2n) is 4.98. The number of aldehydes is 1. The molecular weight excluding hydrogens is 276 g/mol. The molecule has 0 rings (SSSR count). The third-order valence-corrected chi connectivity index (χ3v) is 4.30. The molecule has 0 bridgehead atoms. The molecule has 0 saturated carbocycles. The molecule has 0 N–H and O–H groups in total. The van der Waals surface area contributed by atoms with Crippen LogP contribution in [0, 0.1) is 6.92 Å². The summed E-state index contributed by atoms with van der Waals surface area (Å²) in [5, 5.41) is 0. The Morgan fingerprint density at radius 3 is 1.88 bits per heavy atom. The third-order valence-electron chi connectivity index (χ3n) is 3.32. The summed E-state index contributed by atoms with van der Waals surface area (Å²) in [7, 11) is 0. The SMILES string of the molecule is [CH2]CC(Br)(C=O)CCCCCCCCCCC. The number of carbonyl (C=O) groups excluding carboxylic acids is 1. The van der Waals surface area contributed by atoms with E-state index in [0.717, 1.165) is 19.1 Å². The predicted molar refractivity (Wildman–Crippen MR) is 79.5 cm³/mol. The van der Waals surface area contributed by atoms with E-state index >= 15 is 0 Å². The Kier molecular flexibility index (Phi) is 11.4. The summed E-state index contributed by atoms with van der Waals surface area (Å²) in [4.78, 5) is 10.8. The molecule has 0 aromatic heterocycles. The molecule has 101 valence electrons. The highest BCUT2D eigenvalue weighted by Gasteiger charge is 2.22. The summed E-state index contributed by atoms with van der Waals surface area (Å²) >= 11 is 3.46. The Balaban J connectivity index is 3.26. The number of hydrogen-bond acceptors (Lipinski definition) is 1. The van der Waals surface area contributed by atoms with Gasteiger partial charge in [-0.05, 0) is 12.8 Å². The van der Waals surface area contributed by atoms with Gasteiger partial charge in [0.2, 0.25) is 0 Å². The molecule has 0 aromatic carbocycles. The normalized spacial score (nSPS) is 14.5. The molecule has 0 amide bonds. The summed E-state index contributed by atoms with van der Waals surface area (Å²) in [6.45, 7) is 6.06. The van der Waals surface area contributed by atoms with Crippen LogP contribution in [0.15, 0.2) is 0 Å². The fraction of sp³-hybridized carbons (Fsp3) is 0.867. The standard InChI is InChI=1S/C15H28BrO/c1-3-5-6-7-8-9-10-11-12-13-15(16,4-2)14-17/h14H,2-13H2,1H3. The second-order valence-corrected chi connectivity index (χ2v) is 6.56. The van der Waals surface area contributed by atoms with Gasteiger partial charge in [0.05, 0.1) is 4.32 Å². The van der Waals surface area contributed by atoms with Gasteiger partial charge in [-0.15, -0.1) is 0 Å². The lowest BCUT2D eigenvalue weighted by molar-refractivity contribution is -0.109. The summed E-state index contributed by atoms with van der Waals surface area (Å²) in [5.41, 5.74) is 0. The van der Waals surface area contributed by atoms with Crippen LogP contribution in [0.4, 0.5) is 0 Å². The molecule has 0 aliphatic carbocycles. The Labute approximate surface area is 116 Å². The van der Waals surface area contributed by atoms with E-state index in [1.54, 1.807) is 0 Å². The van der Waals surface area contributed by atoms with E-state index in [4.69, 9.17) is 0 Å². The number of hydrogen-bond donors (Lipinski definition) is 0. The van der Waals surface area contributed by atoms with Gasteiger partial charge >= 0.3 is 0 Å². The highest BCUT2D eigenvalue weighted by molar-refractivity contribution is 9.10. The predicted octanol–water partition coefficient (Wildman–Crippen LogP) is 5.46. The number of unbranched alkanes of at least 4 members (excludes halogenated alkanes) is 8. The van der Waals surface area contributed by atoms with Crippen LogP contribution in [0.2, 0.25) is 0 Å². The van der Waals surface area contributed by atoms with Crippen LogP contribution < -0.4 is 0 Å². The van der Waals surface area contributed by atoms with E-state index in [1.807, 2.05) is 0 Å². The Hall–Kier alpha value is 0.150. The molecule has 0 fully saturated rings. The summed E-state index contributed by atoms with van der Waals surface area (Å²) in [6.07, 6.45) is 14.5. The van der Waals surface area contributed by atoms with Crippen LogP contribution in [0.25, 0.3) is 0 Å². The number of halogens is 1. The molecule has 2 heteroatoms. The zero-order chi connectivity index (χ0) is 13.0. The summed E-state index contributed by atoms with van der Waals surface area (Å²) < 4.78 is -0.353. The molecule has 0 spiro atoms. The van der Waals surface area contributed by atoms with Crippen molar-refractivity contribution in [3.8, 4) is 0 Å². The molecule has 1 nitrogen and oxygen atoms in total. The lowest BCUT2D eigenvalue weighted by Crippen LogP contribution is -2.21. The van der Waals surface area contributed by atoms with E-state index in [9.17, 15) is 4.79 Å². The maximum absolute atomic E-state index is 10.8. The Morgan fingerprint density at radius 1 is 1.00 bits per heavy atom. The van der Waals surface area contributed by atoms with Gasteiger partial charge in [0.15, 0.2) is 0 Å². The smallest absolute Gasteiger partial charge is 0.136 e. The van der Waals surface area contributed by atoms with Gasteiger partial charge in [0.1, 0.15) is 6.29 Å². The van der Waals surface area contributed by atoms with Crippen molar-refractivity contribution in [1.82, 2.24) is 0 Å². The molecule has 0 aliphatic heterocycles. The second kappa shape index (κ2) is 11.3. The van der Waals surface area contributed by atoms with E-state index in [2.05, 4.69) is 29.8 Å². The molecule has 0 heterocycles. The van der Waals surface area contributed by atoms with Gasteiger partial charge < -0.3 is 4.79 Å². The van der Waals surface area contributed by atoms with Gasteiger partial charge in [-0.25, -0.2) is 0 Å². The van der Waals surface area contributed by atoms with Crippen molar-refractivity contribution in [3.05, 3.63) is 6.92 Å². The van der Waals surface area contributed by atoms with Crippen molar-refractivity contribution in [2.45, 2.75) is 81.9 Å². The number of rotatable bonds is 12. The lowest BCUT2D eigenvalue weighted by Gasteiger charge is -2.17. The van der Waals surface area contributed by atoms with Crippen molar-refractivity contribution in [3.63, 3.8) is 0 Å². The average molecular weight is 304 g/mol. The Bertz CT molecular complexity index is 182. The Morgan fingerprint density at radius 2 is 1.47 bits per heavy atom. The molecule has 1 unspecified atom stereocenters. The molecule has 0 aromatic rings.